The number of nitrogens with zero attached hydrogens (tertiary/aromatic N) is 1. The van der Waals surface area contributed by atoms with Gasteiger partial charge in [-0.25, -0.2) is 8.42 Å². The van der Waals surface area contributed by atoms with E-state index in [9.17, 15) is 13.2 Å². The van der Waals surface area contributed by atoms with E-state index in [1.807, 2.05) is 0 Å². The molecule has 0 bridgehead atoms. The average molecular weight is 354 g/mol. The molecule has 0 unspecified atom stereocenters. The van der Waals surface area contributed by atoms with Crippen LogP contribution >= 0.6 is 0 Å². The minimum atomic E-state index is -3.59. The number of hydrogen-bond acceptors (Lipinski definition) is 4. The first kappa shape index (κ1) is 18.9. The SMILES string of the molecule is CC(C)N(C)S(=O)(=O)c1cccc(C(=O)NCC[C@@H]2CCCO2)c1. The maximum absolute atomic E-state index is 12.5. The van der Waals surface area contributed by atoms with Gasteiger partial charge in [0.25, 0.3) is 5.91 Å². The molecule has 0 spiro atoms. The monoisotopic (exact) mass is 354 g/mol. The molecular weight excluding hydrogens is 328 g/mol. The van der Waals surface area contributed by atoms with Gasteiger partial charge in [-0.3, -0.25) is 4.79 Å². The molecule has 1 saturated heterocycles. The smallest absolute Gasteiger partial charge is 0.251 e. The third-order valence-electron chi connectivity index (χ3n) is 4.28. The molecule has 0 aromatic heterocycles. The molecule has 1 fully saturated rings. The van der Waals surface area contributed by atoms with Crippen LogP contribution in [0.4, 0.5) is 0 Å². The molecule has 134 valence electrons. The fourth-order valence-electron chi connectivity index (χ4n) is 2.56. The highest BCUT2D eigenvalue weighted by Gasteiger charge is 2.24. The number of carbonyl (C=O) groups excluding carboxylic acids is 1. The van der Waals surface area contributed by atoms with Gasteiger partial charge in [-0.2, -0.15) is 4.31 Å². The van der Waals surface area contributed by atoms with Crippen molar-refractivity contribution in [2.24, 2.45) is 0 Å². The molecule has 1 amide bonds. The maximum Gasteiger partial charge on any atom is 0.251 e. The van der Waals surface area contributed by atoms with Crippen molar-refractivity contribution in [2.45, 2.75) is 50.2 Å². The fourth-order valence-corrected chi connectivity index (χ4v) is 3.98. The van der Waals surface area contributed by atoms with Crippen molar-refractivity contribution in [3.05, 3.63) is 29.8 Å². The molecule has 24 heavy (non-hydrogen) atoms. The van der Waals surface area contributed by atoms with Gasteiger partial charge in [0, 0.05) is 31.8 Å². The highest BCUT2D eigenvalue weighted by atomic mass is 32.2. The third-order valence-corrected chi connectivity index (χ3v) is 6.31. The molecule has 1 aliphatic rings. The molecule has 0 aliphatic carbocycles. The molecule has 6 nitrogen and oxygen atoms in total. The molecule has 1 aliphatic heterocycles. The van der Waals surface area contributed by atoms with Crippen molar-refractivity contribution >= 4 is 15.9 Å². The Bertz CT molecular complexity index is 667. The lowest BCUT2D eigenvalue weighted by atomic mass is 10.1. The quantitative estimate of drug-likeness (QED) is 0.813. The van der Waals surface area contributed by atoms with Crippen molar-refractivity contribution < 1.29 is 17.9 Å². The van der Waals surface area contributed by atoms with Crippen LogP contribution in [0.1, 0.15) is 43.5 Å². The predicted molar refractivity (Wildman–Crippen MR) is 92.5 cm³/mol. The summed E-state index contributed by atoms with van der Waals surface area (Å²) in [7, 11) is -2.06. The zero-order valence-corrected chi connectivity index (χ0v) is 15.3. The number of sulfonamides is 1. The van der Waals surface area contributed by atoms with Gasteiger partial charge in [-0.15, -0.1) is 0 Å². The first-order chi connectivity index (χ1) is 11.3. The first-order valence-corrected chi connectivity index (χ1v) is 9.74. The summed E-state index contributed by atoms with van der Waals surface area (Å²) in [5.74, 6) is -0.266. The number of hydrogen-bond donors (Lipinski definition) is 1. The van der Waals surface area contributed by atoms with Crippen molar-refractivity contribution in [3.8, 4) is 0 Å². The highest BCUT2D eigenvalue weighted by Crippen LogP contribution is 2.18. The van der Waals surface area contributed by atoms with Gasteiger partial charge >= 0.3 is 0 Å². The molecule has 1 aromatic rings. The number of amides is 1. The van der Waals surface area contributed by atoms with E-state index < -0.39 is 10.0 Å². The second-order valence-electron chi connectivity index (χ2n) is 6.32. The summed E-state index contributed by atoms with van der Waals surface area (Å²) in [6, 6.07) is 6.00. The third kappa shape index (κ3) is 4.55. The van der Waals surface area contributed by atoms with Crippen molar-refractivity contribution in [1.29, 1.82) is 0 Å². The number of carbonyl (C=O) groups is 1. The molecule has 2 rings (SSSR count). The second-order valence-corrected chi connectivity index (χ2v) is 8.32. The van der Waals surface area contributed by atoms with Gasteiger partial charge in [0.15, 0.2) is 0 Å². The Hall–Kier alpha value is -1.44. The van der Waals surface area contributed by atoms with E-state index in [1.54, 1.807) is 26.0 Å². The van der Waals surface area contributed by atoms with Crippen molar-refractivity contribution in [2.75, 3.05) is 20.2 Å². The average Bonchev–Trinajstić information content (AvgIpc) is 3.07. The molecule has 1 N–H and O–H groups in total. The topological polar surface area (TPSA) is 75.7 Å². The van der Waals surface area contributed by atoms with Crippen LogP contribution < -0.4 is 5.32 Å². The van der Waals surface area contributed by atoms with Crippen LogP contribution in [0.15, 0.2) is 29.2 Å². The van der Waals surface area contributed by atoms with E-state index >= 15 is 0 Å². The number of nitrogens with one attached hydrogen (secondary N) is 1. The van der Waals surface area contributed by atoms with Crippen LogP contribution in [0.5, 0.6) is 0 Å². The zero-order chi connectivity index (χ0) is 17.7. The van der Waals surface area contributed by atoms with Crippen LogP contribution in [-0.4, -0.2) is 51.0 Å². The minimum Gasteiger partial charge on any atom is -0.378 e. The summed E-state index contributed by atoms with van der Waals surface area (Å²) in [5.41, 5.74) is 0.348. The number of benzene rings is 1. The molecule has 0 radical (unpaired) electrons. The Kier molecular flexibility index (Phi) is 6.37. The van der Waals surface area contributed by atoms with Crippen molar-refractivity contribution in [3.63, 3.8) is 0 Å². The minimum absolute atomic E-state index is 0.130. The summed E-state index contributed by atoms with van der Waals surface area (Å²) in [6.07, 6.45) is 3.10. The summed E-state index contributed by atoms with van der Waals surface area (Å²) < 4.78 is 31.8. The van der Waals surface area contributed by atoms with E-state index in [0.717, 1.165) is 25.9 Å². The van der Waals surface area contributed by atoms with E-state index in [0.29, 0.717) is 12.1 Å². The van der Waals surface area contributed by atoms with E-state index in [1.165, 1.54) is 23.5 Å². The molecule has 1 aromatic carbocycles. The van der Waals surface area contributed by atoms with Crippen LogP contribution in [0.2, 0.25) is 0 Å². The Morgan fingerprint density at radius 3 is 2.79 bits per heavy atom. The summed E-state index contributed by atoms with van der Waals surface area (Å²) in [5, 5.41) is 2.83. The lowest BCUT2D eigenvalue weighted by molar-refractivity contribution is 0.0907. The largest absolute Gasteiger partial charge is 0.378 e. The van der Waals surface area contributed by atoms with Crippen LogP contribution in [-0.2, 0) is 14.8 Å². The van der Waals surface area contributed by atoms with Crippen molar-refractivity contribution in [1.82, 2.24) is 9.62 Å². The molecular formula is C17H26N2O4S. The fraction of sp³-hybridized carbons (Fsp3) is 0.588. The van der Waals surface area contributed by atoms with Gasteiger partial charge < -0.3 is 10.1 Å². The number of ether oxygens (including phenoxy) is 1. The summed E-state index contributed by atoms with van der Waals surface area (Å²) in [4.78, 5) is 12.4. The van der Waals surface area contributed by atoms with Gasteiger partial charge in [0.1, 0.15) is 0 Å². The van der Waals surface area contributed by atoms with Crippen LogP contribution in [0, 0.1) is 0 Å². The Labute approximate surface area is 144 Å². The van der Waals surface area contributed by atoms with Crippen LogP contribution in [0.25, 0.3) is 0 Å². The lowest BCUT2D eigenvalue weighted by Gasteiger charge is -2.21. The molecule has 1 heterocycles. The predicted octanol–water partition coefficient (Wildman–Crippen LogP) is 2.01. The first-order valence-electron chi connectivity index (χ1n) is 8.30. The Morgan fingerprint density at radius 1 is 1.42 bits per heavy atom. The summed E-state index contributed by atoms with van der Waals surface area (Å²) >= 11 is 0. The van der Waals surface area contributed by atoms with Gasteiger partial charge in [-0.1, -0.05) is 6.07 Å². The highest BCUT2D eigenvalue weighted by molar-refractivity contribution is 7.89. The van der Waals surface area contributed by atoms with E-state index in [-0.39, 0.29) is 22.9 Å². The van der Waals surface area contributed by atoms with Gasteiger partial charge in [0.05, 0.1) is 11.0 Å². The lowest BCUT2D eigenvalue weighted by Crippen LogP contribution is -2.33. The normalized spacial score (nSPS) is 18.3. The Morgan fingerprint density at radius 2 is 2.17 bits per heavy atom. The van der Waals surface area contributed by atoms with E-state index in [4.69, 9.17) is 4.74 Å². The Balaban J connectivity index is 2.02. The number of rotatable bonds is 7. The molecule has 1 atom stereocenters. The summed E-state index contributed by atoms with van der Waals surface area (Å²) in [6.45, 7) is 4.92. The van der Waals surface area contributed by atoms with Gasteiger partial charge in [-0.05, 0) is 51.3 Å². The van der Waals surface area contributed by atoms with E-state index in [2.05, 4.69) is 5.32 Å². The van der Waals surface area contributed by atoms with Crippen LogP contribution in [0.3, 0.4) is 0 Å². The molecule has 7 heteroatoms. The van der Waals surface area contributed by atoms with Gasteiger partial charge in [0.2, 0.25) is 10.0 Å². The zero-order valence-electron chi connectivity index (χ0n) is 14.5. The second kappa shape index (κ2) is 8.09. The maximum atomic E-state index is 12.5. The molecule has 0 saturated carbocycles. The standard InChI is InChI=1S/C17H26N2O4S/c1-13(2)19(3)24(21,22)16-8-4-6-14(12-16)17(20)18-10-9-15-7-5-11-23-15/h4,6,8,12-13,15H,5,7,9-11H2,1-3H3,(H,18,20)/t15-/m0/s1.